The third-order valence-corrected chi connectivity index (χ3v) is 6.05. The number of hydrogen-bond donors (Lipinski definition) is 1. The van der Waals surface area contributed by atoms with E-state index >= 15 is 0 Å². The molecular weight excluding hydrogens is 340 g/mol. The first kappa shape index (κ1) is 16.0. The van der Waals surface area contributed by atoms with Crippen LogP contribution in [0.1, 0.15) is 24.0 Å². The number of oxazole rings is 1. The van der Waals surface area contributed by atoms with Gasteiger partial charge in [-0.05, 0) is 67.1 Å². The fraction of sp³-hybridized carbons (Fsp3) is 0.278. The highest BCUT2D eigenvalue weighted by molar-refractivity contribution is 7.92. The van der Waals surface area contributed by atoms with Crippen LogP contribution in [0.4, 0.5) is 5.69 Å². The van der Waals surface area contributed by atoms with Crippen LogP contribution in [0.3, 0.4) is 0 Å². The van der Waals surface area contributed by atoms with Crippen LogP contribution in [0.5, 0.6) is 0 Å². The van der Waals surface area contributed by atoms with Crippen molar-refractivity contribution in [2.24, 2.45) is 7.05 Å². The average Bonchev–Trinajstić information content (AvgIpc) is 2.88. The second-order valence-electron chi connectivity index (χ2n) is 6.35. The Labute approximate surface area is 145 Å². The first-order chi connectivity index (χ1) is 11.9. The smallest absolute Gasteiger partial charge is 0.408 e. The Morgan fingerprint density at radius 1 is 1.04 bits per heavy atom. The number of anilines is 1. The third-order valence-electron chi connectivity index (χ3n) is 4.67. The highest BCUT2D eigenvalue weighted by atomic mass is 32.2. The van der Waals surface area contributed by atoms with Crippen LogP contribution < -0.4 is 10.5 Å². The molecule has 0 atom stereocenters. The van der Waals surface area contributed by atoms with Crippen LogP contribution in [-0.4, -0.2) is 13.0 Å². The number of aryl methyl sites for hydroxylation is 3. The van der Waals surface area contributed by atoms with Gasteiger partial charge >= 0.3 is 5.76 Å². The third kappa shape index (κ3) is 2.84. The summed E-state index contributed by atoms with van der Waals surface area (Å²) in [6, 6.07) is 10.1. The Bertz CT molecular complexity index is 1130. The highest BCUT2D eigenvalue weighted by Gasteiger charge is 2.18. The summed E-state index contributed by atoms with van der Waals surface area (Å²) >= 11 is 0. The summed E-state index contributed by atoms with van der Waals surface area (Å²) in [5.41, 5.74) is 3.86. The Balaban J connectivity index is 1.70. The number of aromatic nitrogens is 1. The maximum atomic E-state index is 12.7. The van der Waals surface area contributed by atoms with Crippen molar-refractivity contribution in [2.75, 3.05) is 4.72 Å². The summed E-state index contributed by atoms with van der Waals surface area (Å²) in [5, 5.41) is 0. The van der Waals surface area contributed by atoms with Gasteiger partial charge in [0.15, 0.2) is 5.58 Å². The monoisotopic (exact) mass is 358 g/mol. The molecular formula is C18H18N2O4S. The van der Waals surface area contributed by atoms with Crippen molar-refractivity contribution in [3.8, 4) is 0 Å². The molecule has 0 amide bonds. The van der Waals surface area contributed by atoms with Gasteiger partial charge in [-0.3, -0.25) is 9.29 Å². The molecule has 1 heterocycles. The molecule has 25 heavy (non-hydrogen) atoms. The predicted molar refractivity (Wildman–Crippen MR) is 95.3 cm³/mol. The molecule has 0 bridgehead atoms. The molecule has 0 fully saturated rings. The van der Waals surface area contributed by atoms with Crippen LogP contribution in [0.2, 0.25) is 0 Å². The van der Waals surface area contributed by atoms with Gasteiger partial charge in [0, 0.05) is 12.7 Å². The molecule has 7 heteroatoms. The Kier molecular flexibility index (Phi) is 3.68. The molecule has 1 aliphatic carbocycles. The van der Waals surface area contributed by atoms with Crippen LogP contribution in [0, 0.1) is 0 Å². The zero-order valence-corrected chi connectivity index (χ0v) is 14.6. The van der Waals surface area contributed by atoms with Gasteiger partial charge in [-0.25, -0.2) is 13.2 Å². The van der Waals surface area contributed by atoms with E-state index in [1.54, 1.807) is 13.1 Å². The maximum absolute atomic E-state index is 12.7. The fourth-order valence-electron chi connectivity index (χ4n) is 3.28. The van der Waals surface area contributed by atoms with Crippen molar-refractivity contribution in [1.82, 2.24) is 4.57 Å². The van der Waals surface area contributed by atoms with E-state index in [9.17, 15) is 13.2 Å². The largest absolute Gasteiger partial charge is 0.419 e. The molecule has 1 aromatic heterocycles. The van der Waals surface area contributed by atoms with Crippen LogP contribution in [-0.2, 0) is 29.9 Å². The van der Waals surface area contributed by atoms with E-state index in [1.807, 2.05) is 12.1 Å². The van der Waals surface area contributed by atoms with Crippen LogP contribution in [0.15, 0.2) is 50.5 Å². The number of rotatable bonds is 3. The van der Waals surface area contributed by atoms with Gasteiger partial charge in [-0.2, -0.15) is 0 Å². The van der Waals surface area contributed by atoms with E-state index in [-0.39, 0.29) is 4.90 Å². The number of nitrogens with zero attached hydrogens (tertiary/aromatic N) is 1. The van der Waals surface area contributed by atoms with Crippen molar-refractivity contribution in [1.29, 1.82) is 0 Å². The molecule has 130 valence electrons. The number of hydrogen-bond acceptors (Lipinski definition) is 4. The SMILES string of the molecule is Cn1c(=O)oc2ccc(S(=O)(=O)Nc3ccc4c(c3)CCCC4)cc21. The Morgan fingerprint density at radius 2 is 1.80 bits per heavy atom. The number of sulfonamides is 1. The average molecular weight is 358 g/mol. The Morgan fingerprint density at radius 3 is 2.60 bits per heavy atom. The molecule has 1 aliphatic rings. The molecule has 0 unspecified atom stereocenters. The standard InChI is InChI=1S/C18H18N2O4S/c1-20-16-11-15(8-9-17(16)24-18(20)21)25(22,23)19-14-7-6-12-4-2-3-5-13(12)10-14/h6-11,19H,2-5H2,1H3. The van der Waals surface area contributed by atoms with E-state index in [1.165, 1.54) is 40.3 Å². The van der Waals surface area contributed by atoms with Gasteiger partial charge in [-0.1, -0.05) is 6.07 Å². The Hall–Kier alpha value is -2.54. The first-order valence-electron chi connectivity index (χ1n) is 8.18. The number of benzene rings is 2. The minimum atomic E-state index is -3.75. The van der Waals surface area contributed by atoms with Crippen LogP contribution in [0.25, 0.3) is 11.1 Å². The fourth-order valence-corrected chi connectivity index (χ4v) is 4.35. The molecule has 3 aromatic rings. The van der Waals surface area contributed by atoms with Crippen molar-refractivity contribution in [2.45, 2.75) is 30.6 Å². The van der Waals surface area contributed by atoms with Gasteiger partial charge in [0.05, 0.1) is 10.4 Å². The van der Waals surface area contributed by atoms with Gasteiger partial charge in [-0.15, -0.1) is 0 Å². The molecule has 0 saturated heterocycles. The lowest BCUT2D eigenvalue weighted by molar-refractivity contribution is 0.528. The van der Waals surface area contributed by atoms with Gasteiger partial charge in [0.1, 0.15) is 0 Å². The summed E-state index contributed by atoms with van der Waals surface area (Å²) in [7, 11) is -2.20. The zero-order chi connectivity index (χ0) is 17.6. The minimum Gasteiger partial charge on any atom is -0.408 e. The van der Waals surface area contributed by atoms with Crippen molar-refractivity contribution >= 4 is 26.8 Å². The number of fused-ring (bicyclic) bond motifs is 2. The molecule has 2 aromatic carbocycles. The molecule has 6 nitrogen and oxygen atoms in total. The van der Waals surface area contributed by atoms with E-state index in [4.69, 9.17) is 4.42 Å². The molecule has 0 aliphatic heterocycles. The van der Waals surface area contributed by atoms with Gasteiger partial charge < -0.3 is 4.42 Å². The summed E-state index contributed by atoms with van der Waals surface area (Å²) in [6.07, 6.45) is 4.34. The molecule has 4 rings (SSSR count). The van der Waals surface area contributed by atoms with E-state index in [0.717, 1.165) is 19.3 Å². The lowest BCUT2D eigenvalue weighted by Gasteiger charge is -2.17. The maximum Gasteiger partial charge on any atom is 0.419 e. The van der Waals surface area contributed by atoms with E-state index in [0.29, 0.717) is 16.8 Å². The quantitative estimate of drug-likeness (QED) is 0.781. The number of nitrogens with one attached hydrogen (secondary N) is 1. The van der Waals surface area contributed by atoms with Crippen molar-refractivity contribution in [3.63, 3.8) is 0 Å². The summed E-state index contributed by atoms with van der Waals surface area (Å²) in [6.45, 7) is 0. The molecule has 0 saturated carbocycles. The molecule has 0 radical (unpaired) electrons. The summed E-state index contributed by atoms with van der Waals surface area (Å²) in [4.78, 5) is 11.6. The lowest BCUT2D eigenvalue weighted by atomic mass is 9.91. The molecule has 0 spiro atoms. The lowest BCUT2D eigenvalue weighted by Crippen LogP contribution is -2.14. The van der Waals surface area contributed by atoms with Gasteiger partial charge in [0.25, 0.3) is 10.0 Å². The minimum absolute atomic E-state index is 0.0918. The predicted octanol–water partition coefficient (Wildman–Crippen LogP) is 2.81. The normalized spacial score (nSPS) is 14.4. The topological polar surface area (TPSA) is 81.3 Å². The highest BCUT2D eigenvalue weighted by Crippen LogP contribution is 2.26. The zero-order valence-electron chi connectivity index (χ0n) is 13.8. The van der Waals surface area contributed by atoms with E-state index < -0.39 is 15.8 Å². The molecule has 1 N–H and O–H groups in total. The van der Waals surface area contributed by atoms with Gasteiger partial charge in [0.2, 0.25) is 0 Å². The van der Waals surface area contributed by atoms with Crippen molar-refractivity contribution in [3.05, 3.63) is 58.1 Å². The second-order valence-corrected chi connectivity index (χ2v) is 8.04. The van der Waals surface area contributed by atoms with E-state index in [2.05, 4.69) is 4.72 Å². The second kappa shape index (κ2) is 5.77. The summed E-state index contributed by atoms with van der Waals surface area (Å²) in [5.74, 6) is -0.521. The first-order valence-corrected chi connectivity index (χ1v) is 9.66. The van der Waals surface area contributed by atoms with Crippen molar-refractivity contribution < 1.29 is 12.8 Å². The van der Waals surface area contributed by atoms with Crippen LogP contribution >= 0.6 is 0 Å². The summed E-state index contributed by atoms with van der Waals surface area (Å²) < 4.78 is 34.4.